The molecule has 0 aliphatic rings. The Morgan fingerprint density at radius 3 is 2.00 bits per heavy atom. The molecule has 0 N–H and O–H groups in total. The van der Waals surface area contributed by atoms with E-state index in [2.05, 4.69) is 27.6 Å². The summed E-state index contributed by atoms with van der Waals surface area (Å²) in [4.78, 5) is 0. The van der Waals surface area contributed by atoms with E-state index in [1.54, 1.807) is 7.11 Å². The minimum absolute atomic E-state index is 0.328. The van der Waals surface area contributed by atoms with Gasteiger partial charge in [0.15, 0.2) is 0 Å². The molecule has 0 rings (SSSR count). The third-order valence-electron chi connectivity index (χ3n) is 2.37. The van der Waals surface area contributed by atoms with Crippen molar-refractivity contribution in [2.75, 3.05) is 7.11 Å². The van der Waals surface area contributed by atoms with Crippen molar-refractivity contribution < 1.29 is 4.65 Å². The molecule has 0 amide bonds. The van der Waals surface area contributed by atoms with Gasteiger partial charge in [0.05, 0.1) is 0 Å². The largest absolute Gasteiger partial charge is 0.438 e. The number of hydrogen-bond acceptors (Lipinski definition) is 1. The lowest BCUT2D eigenvalue weighted by Gasteiger charge is -2.25. The van der Waals surface area contributed by atoms with Gasteiger partial charge >= 0.3 is 0 Å². The van der Waals surface area contributed by atoms with Gasteiger partial charge in [-0.05, 0) is 5.31 Å². The molecule has 0 aliphatic carbocycles. The molecule has 0 heterocycles. The highest BCUT2D eigenvalue weighted by Crippen LogP contribution is 2.31. The molecule has 0 unspecified atom stereocenters. The van der Waals surface area contributed by atoms with E-state index < -0.39 is 0 Å². The fourth-order valence-electron chi connectivity index (χ4n) is 0.606. The summed E-state index contributed by atoms with van der Waals surface area (Å²) in [5, 5.41) is 0.328. The van der Waals surface area contributed by atoms with Crippen molar-refractivity contribution in [2.45, 2.75) is 39.3 Å². The molecule has 9 heavy (non-hydrogen) atoms. The standard InChI is InChI=1S/C7H17BO/c1-6-7(2,3)8(4)9-5/h6H2,1-5H3. The lowest BCUT2D eigenvalue weighted by atomic mass is 9.48. The van der Waals surface area contributed by atoms with Gasteiger partial charge in [0.1, 0.15) is 0 Å². The van der Waals surface area contributed by atoms with Crippen LogP contribution in [0.5, 0.6) is 0 Å². The Balaban J connectivity index is 3.80. The molecule has 2 heteroatoms. The van der Waals surface area contributed by atoms with Gasteiger partial charge < -0.3 is 4.65 Å². The van der Waals surface area contributed by atoms with Crippen LogP contribution >= 0.6 is 0 Å². The highest BCUT2D eigenvalue weighted by molar-refractivity contribution is 6.53. The summed E-state index contributed by atoms with van der Waals surface area (Å²) in [6.07, 6.45) is 1.17. The third kappa shape index (κ3) is 2.40. The normalized spacial score (nSPS) is 11.7. The topological polar surface area (TPSA) is 9.23 Å². The Labute approximate surface area is 58.9 Å². The monoisotopic (exact) mass is 128 g/mol. The van der Waals surface area contributed by atoms with E-state index >= 15 is 0 Å². The van der Waals surface area contributed by atoms with Gasteiger partial charge in [0.2, 0.25) is 0 Å². The van der Waals surface area contributed by atoms with Crippen LogP contribution in [0.2, 0.25) is 12.1 Å². The highest BCUT2D eigenvalue weighted by atomic mass is 16.4. The van der Waals surface area contributed by atoms with Crippen LogP contribution in [0.4, 0.5) is 0 Å². The van der Waals surface area contributed by atoms with E-state index in [0.29, 0.717) is 12.2 Å². The molecule has 0 saturated carbocycles. The van der Waals surface area contributed by atoms with Gasteiger partial charge in [-0.2, -0.15) is 0 Å². The summed E-state index contributed by atoms with van der Waals surface area (Å²) in [6.45, 7) is 9.11. The molecule has 0 spiro atoms. The van der Waals surface area contributed by atoms with Crippen molar-refractivity contribution >= 4 is 6.92 Å². The van der Waals surface area contributed by atoms with Gasteiger partial charge in [-0.3, -0.25) is 0 Å². The first kappa shape index (κ1) is 9.02. The second kappa shape index (κ2) is 3.26. The number of hydrogen-bond donors (Lipinski definition) is 0. The highest BCUT2D eigenvalue weighted by Gasteiger charge is 2.27. The molecular weight excluding hydrogens is 111 g/mol. The lowest BCUT2D eigenvalue weighted by molar-refractivity contribution is 0.386. The molecule has 0 aromatic heterocycles. The smallest absolute Gasteiger partial charge is 0.295 e. The first-order chi connectivity index (χ1) is 4.04. The molecule has 0 atom stereocenters. The van der Waals surface area contributed by atoms with E-state index in [0.717, 1.165) is 0 Å². The average Bonchev–Trinajstić information content (AvgIpc) is 1.86. The lowest BCUT2D eigenvalue weighted by Crippen LogP contribution is -2.25. The Bertz CT molecular complexity index is 81.0. The zero-order chi connectivity index (χ0) is 7.49. The van der Waals surface area contributed by atoms with Crippen LogP contribution in [-0.2, 0) is 4.65 Å². The van der Waals surface area contributed by atoms with Crippen LogP contribution in [0.15, 0.2) is 0 Å². The fourth-order valence-corrected chi connectivity index (χ4v) is 0.606. The van der Waals surface area contributed by atoms with Crippen molar-refractivity contribution in [1.29, 1.82) is 0 Å². The van der Waals surface area contributed by atoms with Crippen LogP contribution in [0.3, 0.4) is 0 Å². The zero-order valence-corrected chi connectivity index (χ0v) is 7.19. The Morgan fingerprint density at radius 1 is 1.44 bits per heavy atom. The van der Waals surface area contributed by atoms with Gasteiger partial charge in [-0.25, -0.2) is 0 Å². The van der Waals surface area contributed by atoms with Crippen molar-refractivity contribution in [1.82, 2.24) is 0 Å². The minimum Gasteiger partial charge on any atom is -0.438 e. The van der Waals surface area contributed by atoms with E-state index in [9.17, 15) is 0 Å². The maximum Gasteiger partial charge on any atom is 0.295 e. The predicted molar refractivity (Wildman–Crippen MR) is 43.0 cm³/mol. The van der Waals surface area contributed by atoms with Crippen molar-refractivity contribution in [3.63, 3.8) is 0 Å². The molecule has 0 bridgehead atoms. The van der Waals surface area contributed by atoms with Gasteiger partial charge in [-0.1, -0.05) is 34.0 Å². The van der Waals surface area contributed by atoms with Crippen LogP contribution < -0.4 is 0 Å². The average molecular weight is 128 g/mol. The first-order valence-corrected chi connectivity index (χ1v) is 3.57. The van der Waals surface area contributed by atoms with Gasteiger partial charge in [0, 0.05) is 7.11 Å². The Morgan fingerprint density at radius 2 is 1.89 bits per heavy atom. The summed E-state index contributed by atoms with van der Waals surface area (Å²) in [6, 6.07) is 0. The maximum absolute atomic E-state index is 5.21. The van der Waals surface area contributed by atoms with E-state index in [1.165, 1.54) is 6.42 Å². The zero-order valence-electron chi connectivity index (χ0n) is 7.19. The molecule has 0 saturated heterocycles. The summed E-state index contributed by atoms with van der Waals surface area (Å²) in [5.41, 5.74) is 0. The summed E-state index contributed by atoms with van der Waals surface area (Å²) >= 11 is 0. The van der Waals surface area contributed by atoms with Crippen molar-refractivity contribution in [2.24, 2.45) is 0 Å². The summed E-state index contributed by atoms with van der Waals surface area (Å²) in [7, 11) is 1.77. The summed E-state index contributed by atoms with van der Waals surface area (Å²) in [5.74, 6) is 0. The van der Waals surface area contributed by atoms with Gasteiger partial charge in [0.25, 0.3) is 6.92 Å². The van der Waals surface area contributed by atoms with Crippen LogP contribution in [0.25, 0.3) is 0 Å². The molecular formula is C7H17BO. The molecule has 0 aromatic carbocycles. The molecule has 0 aromatic rings. The van der Waals surface area contributed by atoms with Gasteiger partial charge in [-0.15, -0.1) is 0 Å². The van der Waals surface area contributed by atoms with Crippen LogP contribution in [-0.4, -0.2) is 14.0 Å². The van der Waals surface area contributed by atoms with E-state index in [4.69, 9.17) is 4.65 Å². The van der Waals surface area contributed by atoms with Crippen molar-refractivity contribution in [3.05, 3.63) is 0 Å². The van der Waals surface area contributed by atoms with Crippen LogP contribution in [0, 0.1) is 0 Å². The minimum atomic E-state index is 0.328. The molecule has 54 valence electrons. The SMILES string of the molecule is CCC(C)(C)B(C)OC. The molecule has 0 fully saturated rings. The quantitative estimate of drug-likeness (QED) is 0.530. The fraction of sp³-hybridized carbons (Fsp3) is 1.00. The Kier molecular flexibility index (Phi) is 3.27. The maximum atomic E-state index is 5.21. The van der Waals surface area contributed by atoms with Crippen LogP contribution in [0.1, 0.15) is 27.2 Å². The second-order valence-corrected chi connectivity index (χ2v) is 3.22. The van der Waals surface area contributed by atoms with E-state index in [1.807, 2.05) is 0 Å². The molecule has 0 aliphatic heterocycles. The first-order valence-electron chi connectivity index (χ1n) is 3.57. The summed E-state index contributed by atoms with van der Waals surface area (Å²) < 4.78 is 5.21. The molecule has 1 nitrogen and oxygen atoms in total. The second-order valence-electron chi connectivity index (χ2n) is 3.22. The number of rotatable bonds is 3. The Hall–Kier alpha value is 0.0249. The van der Waals surface area contributed by atoms with Crippen molar-refractivity contribution in [3.8, 4) is 0 Å². The molecule has 0 radical (unpaired) electrons. The van der Waals surface area contributed by atoms with E-state index in [-0.39, 0.29) is 0 Å². The third-order valence-corrected chi connectivity index (χ3v) is 2.37. The predicted octanol–water partition coefficient (Wildman–Crippen LogP) is 2.44.